The second kappa shape index (κ2) is 9.99. The van der Waals surface area contributed by atoms with E-state index >= 15 is 0 Å². The third-order valence-electron chi connectivity index (χ3n) is 4.52. The van der Waals surface area contributed by atoms with Crippen LogP contribution in [0, 0.1) is 29.6 Å². The Balaban J connectivity index is 1.80. The summed E-state index contributed by atoms with van der Waals surface area (Å²) in [5, 5.41) is 23.1. The van der Waals surface area contributed by atoms with Crippen LogP contribution in [0.4, 0.5) is 11.5 Å². The molecule has 6 nitrogen and oxygen atoms in total. The predicted octanol–water partition coefficient (Wildman–Crippen LogP) is 5.16. The fourth-order valence-corrected chi connectivity index (χ4v) is 4.09. The zero-order valence-electron chi connectivity index (χ0n) is 16.6. The number of hydrogen-bond donors (Lipinski definition) is 2. The molecule has 1 aromatic heterocycles. The van der Waals surface area contributed by atoms with Gasteiger partial charge < -0.3 is 11.1 Å². The van der Waals surface area contributed by atoms with Gasteiger partial charge in [-0.25, -0.2) is 4.98 Å². The number of aryl methyl sites for hydroxylation is 1. The molecule has 0 radical (unpaired) electrons. The van der Waals surface area contributed by atoms with Gasteiger partial charge in [0.25, 0.3) is 0 Å². The summed E-state index contributed by atoms with van der Waals surface area (Å²) in [5.74, 6) is 0.260. The highest BCUT2D eigenvalue weighted by Crippen LogP contribution is 2.35. The molecule has 3 N–H and O–H groups in total. The molecule has 0 aliphatic rings. The first kappa shape index (κ1) is 22.2. The fraction of sp³-hybridized carbons (Fsp3) is 0.130. The van der Waals surface area contributed by atoms with Crippen LogP contribution in [0.1, 0.15) is 23.1 Å². The molecule has 0 fully saturated rings. The van der Waals surface area contributed by atoms with Gasteiger partial charge in [-0.05, 0) is 30.2 Å². The minimum absolute atomic E-state index is 0.0573. The van der Waals surface area contributed by atoms with Crippen molar-refractivity contribution in [3.63, 3.8) is 0 Å². The first-order valence-electron chi connectivity index (χ1n) is 9.32. The molecule has 0 aliphatic heterocycles. The number of hydrogen-bond acceptors (Lipinski definition) is 6. The van der Waals surface area contributed by atoms with Gasteiger partial charge in [0.1, 0.15) is 28.5 Å². The van der Waals surface area contributed by atoms with Gasteiger partial charge >= 0.3 is 0 Å². The Kier molecular flexibility index (Phi) is 7.15. The molecule has 1 heterocycles. The normalized spacial score (nSPS) is 10.2. The van der Waals surface area contributed by atoms with Gasteiger partial charge in [0, 0.05) is 28.4 Å². The van der Waals surface area contributed by atoms with Gasteiger partial charge in [-0.3, -0.25) is 4.79 Å². The van der Waals surface area contributed by atoms with E-state index < -0.39 is 0 Å². The van der Waals surface area contributed by atoms with Crippen LogP contribution in [0.2, 0.25) is 5.02 Å². The number of amides is 1. The first-order chi connectivity index (χ1) is 14.9. The van der Waals surface area contributed by atoms with Crippen LogP contribution in [0.5, 0.6) is 0 Å². The molecular weight excluding hydrogens is 430 g/mol. The van der Waals surface area contributed by atoms with Crippen molar-refractivity contribution in [2.45, 2.75) is 18.4 Å². The van der Waals surface area contributed by atoms with E-state index in [0.29, 0.717) is 32.6 Å². The summed E-state index contributed by atoms with van der Waals surface area (Å²) in [5.41, 5.74) is 9.18. The summed E-state index contributed by atoms with van der Waals surface area (Å²) in [6.07, 6.45) is 0.198. The highest BCUT2D eigenvalue weighted by molar-refractivity contribution is 7.99. The van der Waals surface area contributed by atoms with Crippen molar-refractivity contribution in [2.75, 3.05) is 16.8 Å². The number of halogens is 1. The van der Waals surface area contributed by atoms with Gasteiger partial charge in [-0.2, -0.15) is 10.5 Å². The lowest BCUT2D eigenvalue weighted by Gasteiger charge is -2.13. The lowest BCUT2D eigenvalue weighted by atomic mass is 9.97. The van der Waals surface area contributed by atoms with Gasteiger partial charge in [-0.1, -0.05) is 48.0 Å². The largest absolute Gasteiger partial charge is 0.383 e. The van der Waals surface area contributed by atoms with Crippen LogP contribution < -0.4 is 11.1 Å². The number of rotatable bonds is 6. The van der Waals surface area contributed by atoms with Crippen LogP contribution in [-0.2, 0) is 4.79 Å². The maximum Gasteiger partial charge on any atom is 0.225 e. The molecule has 1 amide bonds. The maximum absolute atomic E-state index is 12.4. The van der Waals surface area contributed by atoms with Crippen LogP contribution >= 0.6 is 23.4 Å². The molecule has 0 atom stereocenters. The standard InChI is InChI=1S/C23H18ClN5OS/c1-14-7-8-16(24)11-19(14)28-20(30)9-10-31-23-18(13-26)21(15-5-3-2-4-6-15)17(12-25)22(27)29-23/h2-8,11H,9-10H2,1H3,(H2,27,29)(H,28,30). The molecule has 0 saturated carbocycles. The number of thioether (sulfide) groups is 1. The topological polar surface area (TPSA) is 116 Å². The van der Waals surface area contributed by atoms with E-state index in [2.05, 4.69) is 22.4 Å². The van der Waals surface area contributed by atoms with E-state index in [1.165, 1.54) is 11.8 Å². The highest BCUT2D eigenvalue weighted by Gasteiger charge is 2.20. The van der Waals surface area contributed by atoms with E-state index in [-0.39, 0.29) is 29.3 Å². The molecule has 31 heavy (non-hydrogen) atoms. The summed E-state index contributed by atoms with van der Waals surface area (Å²) in [4.78, 5) is 16.6. The zero-order valence-corrected chi connectivity index (χ0v) is 18.2. The van der Waals surface area contributed by atoms with Crippen LogP contribution in [-0.4, -0.2) is 16.6 Å². The Bertz CT molecular complexity index is 1220. The Morgan fingerprint density at radius 3 is 2.55 bits per heavy atom. The van der Waals surface area contributed by atoms with Crippen LogP contribution in [0.3, 0.4) is 0 Å². The SMILES string of the molecule is Cc1ccc(Cl)cc1NC(=O)CCSc1nc(N)c(C#N)c(-c2ccccc2)c1C#N. The molecule has 0 aliphatic carbocycles. The molecule has 3 aromatic rings. The second-order valence-corrected chi connectivity index (χ2v) is 8.14. The molecule has 0 spiro atoms. The summed E-state index contributed by atoms with van der Waals surface area (Å²) < 4.78 is 0. The smallest absolute Gasteiger partial charge is 0.225 e. The van der Waals surface area contributed by atoms with Crippen molar-refractivity contribution in [2.24, 2.45) is 0 Å². The third-order valence-corrected chi connectivity index (χ3v) is 5.73. The van der Waals surface area contributed by atoms with E-state index in [4.69, 9.17) is 17.3 Å². The van der Waals surface area contributed by atoms with Crippen molar-refractivity contribution in [1.82, 2.24) is 4.98 Å². The monoisotopic (exact) mass is 447 g/mol. The molecule has 0 unspecified atom stereocenters. The number of nitriles is 2. The molecule has 0 bridgehead atoms. The Morgan fingerprint density at radius 2 is 1.87 bits per heavy atom. The number of carbonyl (C=O) groups excluding carboxylic acids is 1. The number of nitrogens with one attached hydrogen (secondary N) is 1. The molecule has 8 heteroatoms. The quantitative estimate of drug-likeness (QED) is 0.504. The number of pyridine rings is 1. The molecule has 2 aromatic carbocycles. The van der Waals surface area contributed by atoms with Crippen molar-refractivity contribution in [1.29, 1.82) is 10.5 Å². The number of aromatic nitrogens is 1. The molecule has 0 saturated heterocycles. The van der Waals surface area contributed by atoms with Crippen LogP contribution in [0.25, 0.3) is 11.1 Å². The third kappa shape index (κ3) is 5.16. The van der Waals surface area contributed by atoms with Crippen molar-refractivity contribution < 1.29 is 4.79 Å². The van der Waals surface area contributed by atoms with Gasteiger partial charge in [0.05, 0.1) is 5.56 Å². The predicted molar refractivity (Wildman–Crippen MR) is 124 cm³/mol. The molecule has 154 valence electrons. The van der Waals surface area contributed by atoms with Gasteiger partial charge in [0.15, 0.2) is 0 Å². The molecule has 3 rings (SSSR count). The van der Waals surface area contributed by atoms with Crippen molar-refractivity contribution >= 4 is 40.8 Å². The Labute approximate surface area is 189 Å². The number of nitrogens with zero attached hydrogens (tertiary/aromatic N) is 3. The number of benzene rings is 2. The van der Waals surface area contributed by atoms with E-state index in [0.717, 1.165) is 5.56 Å². The lowest BCUT2D eigenvalue weighted by molar-refractivity contribution is -0.115. The first-order valence-corrected chi connectivity index (χ1v) is 10.7. The van der Waals surface area contributed by atoms with E-state index in [9.17, 15) is 15.3 Å². The maximum atomic E-state index is 12.4. The summed E-state index contributed by atoms with van der Waals surface area (Å²) in [6, 6.07) is 18.6. The van der Waals surface area contributed by atoms with E-state index in [1.54, 1.807) is 12.1 Å². The molecular formula is C23H18ClN5OS. The average molecular weight is 448 g/mol. The summed E-state index contributed by atoms with van der Waals surface area (Å²) >= 11 is 7.24. The van der Waals surface area contributed by atoms with Crippen LogP contribution in [0.15, 0.2) is 53.6 Å². The minimum Gasteiger partial charge on any atom is -0.383 e. The number of nitrogen functional groups attached to an aromatic ring is 1. The number of nitrogens with two attached hydrogens (primary N) is 1. The van der Waals surface area contributed by atoms with Crippen molar-refractivity contribution in [3.05, 3.63) is 70.2 Å². The Morgan fingerprint density at radius 1 is 1.16 bits per heavy atom. The summed E-state index contributed by atoms with van der Waals surface area (Å²) in [7, 11) is 0. The van der Waals surface area contributed by atoms with E-state index in [1.807, 2.05) is 43.3 Å². The minimum atomic E-state index is -0.179. The fourth-order valence-electron chi connectivity index (χ4n) is 2.98. The van der Waals surface area contributed by atoms with Gasteiger partial charge in [-0.15, -0.1) is 11.8 Å². The zero-order chi connectivity index (χ0) is 22.4. The average Bonchev–Trinajstić information content (AvgIpc) is 2.76. The van der Waals surface area contributed by atoms with Crippen molar-refractivity contribution in [3.8, 4) is 23.3 Å². The Hall–Kier alpha value is -3.52. The number of anilines is 2. The summed E-state index contributed by atoms with van der Waals surface area (Å²) in [6.45, 7) is 1.88. The number of carbonyl (C=O) groups is 1. The highest BCUT2D eigenvalue weighted by atomic mass is 35.5. The van der Waals surface area contributed by atoms with Gasteiger partial charge in [0.2, 0.25) is 5.91 Å². The lowest BCUT2D eigenvalue weighted by Crippen LogP contribution is -2.13. The second-order valence-electron chi connectivity index (χ2n) is 6.62.